The predicted molar refractivity (Wildman–Crippen MR) is 125 cm³/mol. The zero-order valence-electron chi connectivity index (χ0n) is 18.9. The Morgan fingerprint density at radius 2 is 1.77 bits per heavy atom. The van der Waals surface area contributed by atoms with Gasteiger partial charge in [-0.25, -0.2) is 4.79 Å². The van der Waals surface area contributed by atoms with Crippen molar-refractivity contribution in [2.45, 2.75) is 45.2 Å². The van der Waals surface area contributed by atoms with Crippen LogP contribution in [0, 0.1) is 5.92 Å². The van der Waals surface area contributed by atoms with Gasteiger partial charge in [-0.1, -0.05) is 13.8 Å². The summed E-state index contributed by atoms with van der Waals surface area (Å²) >= 11 is 1.65. The molecule has 0 spiro atoms. The first-order valence-corrected chi connectivity index (χ1v) is 11.5. The molecule has 1 aromatic heterocycles. The van der Waals surface area contributed by atoms with Crippen LogP contribution in [0.1, 0.15) is 33.4 Å². The SMILES string of the molecule is CSc1ccc(NC(=O)N(CC(=O)N(Cc2cccn2C)CC(C)C)C(C)C)cc1. The van der Waals surface area contributed by atoms with Gasteiger partial charge in [-0.15, -0.1) is 11.8 Å². The van der Waals surface area contributed by atoms with Gasteiger partial charge < -0.3 is 19.7 Å². The van der Waals surface area contributed by atoms with Gasteiger partial charge in [0, 0.05) is 42.1 Å². The minimum atomic E-state index is -0.265. The first-order valence-electron chi connectivity index (χ1n) is 10.3. The molecular formula is C23H34N4O2S. The molecule has 7 heteroatoms. The molecule has 1 aromatic carbocycles. The summed E-state index contributed by atoms with van der Waals surface area (Å²) in [6.45, 7) is 9.26. The van der Waals surface area contributed by atoms with Gasteiger partial charge in [0.05, 0.1) is 6.54 Å². The average molecular weight is 431 g/mol. The van der Waals surface area contributed by atoms with Gasteiger partial charge in [-0.3, -0.25) is 4.79 Å². The van der Waals surface area contributed by atoms with Crippen molar-refractivity contribution in [3.05, 3.63) is 48.3 Å². The predicted octanol–water partition coefficient (Wildman–Crippen LogP) is 4.67. The maximum Gasteiger partial charge on any atom is 0.322 e. The van der Waals surface area contributed by atoms with Crippen molar-refractivity contribution >= 4 is 29.4 Å². The van der Waals surface area contributed by atoms with Crippen molar-refractivity contribution in [2.24, 2.45) is 13.0 Å². The van der Waals surface area contributed by atoms with E-state index in [1.165, 1.54) is 0 Å². The van der Waals surface area contributed by atoms with Crippen LogP contribution in [-0.4, -0.2) is 51.7 Å². The van der Waals surface area contributed by atoms with Gasteiger partial charge in [0.25, 0.3) is 0 Å². The molecule has 30 heavy (non-hydrogen) atoms. The fourth-order valence-corrected chi connectivity index (χ4v) is 3.56. The van der Waals surface area contributed by atoms with Gasteiger partial charge in [-0.2, -0.15) is 0 Å². The van der Waals surface area contributed by atoms with Gasteiger partial charge in [-0.05, 0) is 62.4 Å². The topological polar surface area (TPSA) is 57.6 Å². The maximum absolute atomic E-state index is 13.2. The minimum absolute atomic E-state index is 0.0452. The quantitative estimate of drug-likeness (QED) is 0.588. The summed E-state index contributed by atoms with van der Waals surface area (Å²) in [7, 11) is 1.98. The largest absolute Gasteiger partial charge is 0.353 e. The third kappa shape index (κ3) is 6.83. The summed E-state index contributed by atoms with van der Waals surface area (Å²) in [6.07, 6.45) is 3.99. The monoisotopic (exact) mass is 430 g/mol. The van der Waals surface area contributed by atoms with Gasteiger partial charge >= 0.3 is 6.03 Å². The molecule has 0 saturated heterocycles. The molecule has 1 heterocycles. The fraction of sp³-hybridized carbons (Fsp3) is 0.478. The highest BCUT2D eigenvalue weighted by Crippen LogP contribution is 2.18. The molecule has 2 rings (SSSR count). The number of thioether (sulfide) groups is 1. The van der Waals surface area contributed by atoms with Gasteiger partial charge in [0.1, 0.15) is 6.54 Å². The molecule has 0 aliphatic rings. The summed E-state index contributed by atoms with van der Waals surface area (Å²) in [5, 5.41) is 2.92. The Morgan fingerprint density at radius 3 is 2.27 bits per heavy atom. The van der Waals surface area contributed by atoms with E-state index < -0.39 is 0 Å². The molecule has 0 unspecified atom stereocenters. The number of hydrogen-bond donors (Lipinski definition) is 1. The molecule has 0 fully saturated rings. The first-order chi connectivity index (χ1) is 14.2. The summed E-state index contributed by atoms with van der Waals surface area (Å²) in [5.41, 5.74) is 1.79. The van der Waals surface area contributed by atoms with E-state index in [4.69, 9.17) is 0 Å². The second-order valence-electron chi connectivity index (χ2n) is 8.16. The lowest BCUT2D eigenvalue weighted by atomic mass is 10.2. The molecule has 6 nitrogen and oxygen atoms in total. The minimum Gasteiger partial charge on any atom is -0.353 e. The van der Waals surface area contributed by atoms with E-state index in [-0.39, 0.29) is 24.5 Å². The Labute approximate surface area is 184 Å². The maximum atomic E-state index is 13.2. The number of anilines is 1. The fourth-order valence-electron chi connectivity index (χ4n) is 3.16. The zero-order valence-corrected chi connectivity index (χ0v) is 19.7. The highest BCUT2D eigenvalue weighted by Gasteiger charge is 2.24. The van der Waals surface area contributed by atoms with E-state index in [0.717, 1.165) is 16.3 Å². The van der Waals surface area contributed by atoms with Crippen LogP contribution >= 0.6 is 11.8 Å². The summed E-state index contributed by atoms with van der Waals surface area (Å²) < 4.78 is 2.02. The number of rotatable bonds is 9. The van der Waals surface area contributed by atoms with Crippen molar-refractivity contribution < 1.29 is 9.59 Å². The van der Waals surface area contributed by atoms with E-state index in [1.807, 2.05) is 79.2 Å². The Hall–Kier alpha value is -2.41. The Kier molecular flexibility index (Phi) is 8.84. The third-order valence-electron chi connectivity index (χ3n) is 4.87. The lowest BCUT2D eigenvalue weighted by Crippen LogP contribution is -2.48. The van der Waals surface area contributed by atoms with E-state index in [2.05, 4.69) is 19.2 Å². The normalized spacial score (nSPS) is 11.1. The van der Waals surface area contributed by atoms with Crippen molar-refractivity contribution in [1.82, 2.24) is 14.4 Å². The van der Waals surface area contributed by atoms with Crippen LogP contribution in [0.15, 0.2) is 47.5 Å². The number of nitrogens with zero attached hydrogens (tertiary/aromatic N) is 3. The van der Waals surface area contributed by atoms with Crippen molar-refractivity contribution in [1.29, 1.82) is 0 Å². The van der Waals surface area contributed by atoms with Crippen LogP contribution < -0.4 is 5.32 Å². The molecule has 0 bridgehead atoms. The second kappa shape index (κ2) is 11.1. The smallest absolute Gasteiger partial charge is 0.322 e. The van der Waals surface area contributed by atoms with Crippen LogP contribution in [0.25, 0.3) is 0 Å². The number of aryl methyl sites for hydroxylation is 1. The molecule has 164 valence electrons. The molecule has 0 saturated carbocycles. The number of carbonyl (C=O) groups is 2. The number of aromatic nitrogens is 1. The standard InChI is InChI=1S/C23H34N4O2S/c1-17(2)14-26(15-20-8-7-13-25(20)5)22(28)16-27(18(3)4)23(29)24-19-9-11-21(30-6)12-10-19/h7-13,17-18H,14-16H2,1-6H3,(H,24,29). The highest BCUT2D eigenvalue weighted by atomic mass is 32.2. The van der Waals surface area contributed by atoms with Crippen molar-refractivity contribution in [3.8, 4) is 0 Å². The number of benzene rings is 1. The van der Waals surface area contributed by atoms with Crippen LogP contribution in [0.5, 0.6) is 0 Å². The zero-order chi connectivity index (χ0) is 22.3. The van der Waals surface area contributed by atoms with E-state index in [0.29, 0.717) is 19.0 Å². The molecule has 1 N–H and O–H groups in total. The first kappa shape index (κ1) is 23.9. The van der Waals surface area contributed by atoms with Gasteiger partial charge in [0.15, 0.2) is 0 Å². The number of carbonyl (C=O) groups excluding carboxylic acids is 2. The van der Waals surface area contributed by atoms with Crippen LogP contribution in [-0.2, 0) is 18.4 Å². The number of hydrogen-bond acceptors (Lipinski definition) is 3. The molecule has 0 aliphatic heterocycles. The molecule has 0 aliphatic carbocycles. The Bertz CT molecular complexity index is 830. The molecular weight excluding hydrogens is 396 g/mol. The molecule has 2 aromatic rings. The summed E-state index contributed by atoms with van der Waals surface area (Å²) in [6, 6.07) is 11.3. The molecule has 0 atom stereocenters. The lowest BCUT2D eigenvalue weighted by molar-refractivity contribution is -0.133. The number of amides is 3. The van der Waals surface area contributed by atoms with Crippen molar-refractivity contribution in [2.75, 3.05) is 24.7 Å². The van der Waals surface area contributed by atoms with Crippen molar-refractivity contribution in [3.63, 3.8) is 0 Å². The van der Waals surface area contributed by atoms with Crippen LogP contribution in [0.4, 0.5) is 10.5 Å². The van der Waals surface area contributed by atoms with E-state index >= 15 is 0 Å². The molecule has 3 amide bonds. The average Bonchev–Trinajstić information content (AvgIpc) is 3.09. The van der Waals surface area contributed by atoms with Gasteiger partial charge in [0.2, 0.25) is 5.91 Å². The Balaban J connectivity index is 2.10. The van der Waals surface area contributed by atoms with E-state index in [9.17, 15) is 9.59 Å². The van der Waals surface area contributed by atoms with E-state index in [1.54, 1.807) is 16.7 Å². The third-order valence-corrected chi connectivity index (χ3v) is 5.62. The van der Waals surface area contributed by atoms with Crippen LogP contribution in [0.3, 0.4) is 0 Å². The lowest BCUT2D eigenvalue weighted by Gasteiger charge is -2.31. The Morgan fingerprint density at radius 1 is 1.10 bits per heavy atom. The van der Waals surface area contributed by atoms with Crippen LogP contribution in [0.2, 0.25) is 0 Å². The summed E-state index contributed by atoms with van der Waals surface area (Å²) in [4.78, 5) is 30.6. The number of nitrogens with one attached hydrogen (secondary N) is 1. The number of urea groups is 1. The molecule has 0 radical (unpaired) electrons. The highest BCUT2D eigenvalue weighted by molar-refractivity contribution is 7.98. The second-order valence-corrected chi connectivity index (χ2v) is 9.04. The summed E-state index contributed by atoms with van der Waals surface area (Å²) in [5.74, 6) is 0.289.